The van der Waals surface area contributed by atoms with Crippen molar-refractivity contribution in [1.82, 2.24) is 5.32 Å². The van der Waals surface area contributed by atoms with Gasteiger partial charge in [0, 0.05) is 6.42 Å². The molecule has 1 fully saturated rings. The Morgan fingerprint density at radius 2 is 1.23 bits per heavy atom. The van der Waals surface area contributed by atoms with Crippen LogP contribution in [0.2, 0.25) is 0 Å². The number of amides is 1. The van der Waals surface area contributed by atoms with E-state index in [2.05, 4.69) is 5.32 Å². The predicted octanol–water partition coefficient (Wildman–Crippen LogP) is 4.78. The van der Waals surface area contributed by atoms with Gasteiger partial charge in [0.1, 0.15) is 6.04 Å². The maximum atomic E-state index is 13.3. The van der Waals surface area contributed by atoms with E-state index < -0.39 is 17.4 Å². The van der Waals surface area contributed by atoms with E-state index in [0.29, 0.717) is 12.3 Å². The molecule has 2 N–H and O–H groups in total. The summed E-state index contributed by atoms with van der Waals surface area (Å²) in [7, 11) is 0. The summed E-state index contributed by atoms with van der Waals surface area (Å²) in [5.41, 5.74) is 2.26. The SMILES string of the molecule is O=C(CC(c1ccccc1)(c1ccccc1)c1ccccc1)N[C@@H](CC1CC1)C(=O)O. The molecule has 0 heterocycles. The smallest absolute Gasteiger partial charge is 0.326 e. The van der Waals surface area contributed by atoms with Gasteiger partial charge < -0.3 is 10.4 Å². The van der Waals surface area contributed by atoms with Crippen LogP contribution in [0.1, 0.15) is 42.4 Å². The van der Waals surface area contributed by atoms with E-state index in [9.17, 15) is 14.7 Å². The zero-order chi connectivity index (χ0) is 21.7. The molecule has 1 atom stereocenters. The summed E-state index contributed by atoms with van der Waals surface area (Å²) in [4.78, 5) is 25.1. The summed E-state index contributed by atoms with van der Waals surface area (Å²) >= 11 is 0. The van der Waals surface area contributed by atoms with Gasteiger partial charge in [0.05, 0.1) is 5.41 Å². The lowest BCUT2D eigenvalue weighted by molar-refractivity contribution is -0.142. The molecule has 4 heteroatoms. The van der Waals surface area contributed by atoms with Crippen LogP contribution in [0.25, 0.3) is 0 Å². The third-order valence-electron chi connectivity index (χ3n) is 6.12. The average molecular weight is 414 g/mol. The van der Waals surface area contributed by atoms with E-state index in [1.165, 1.54) is 0 Å². The van der Waals surface area contributed by atoms with Crippen molar-refractivity contribution in [2.24, 2.45) is 5.92 Å². The van der Waals surface area contributed by atoms with Crippen LogP contribution in [-0.2, 0) is 15.0 Å². The fourth-order valence-electron chi connectivity index (χ4n) is 4.37. The molecule has 0 aromatic heterocycles. The molecule has 3 aromatic carbocycles. The number of carbonyl (C=O) groups excluding carboxylic acids is 1. The second-order valence-corrected chi connectivity index (χ2v) is 8.32. The summed E-state index contributed by atoms with van der Waals surface area (Å²) in [6.07, 6.45) is 2.71. The van der Waals surface area contributed by atoms with Gasteiger partial charge in [-0.15, -0.1) is 0 Å². The van der Waals surface area contributed by atoms with Crippen LogP contribution in [0.15, 0.2) is 91.0 Å². The molecule has 0 bridgehead atoms. The Labute approximate surface area is 182 Å². The molecule has 0 unspecified atom stereocenters. The fourth-order valence-corrected chi connectivity index (χ4v) is 4.37. The fraction of sp³-hybridized carbons (Fsp3) is 0.259. The summed E-state index contributed by atoms with van der Waals surface area (Å²) in [5, 5.41) is 12.4. The first-order valence-corrected chi connectivity index (χ1v) is 10.8. The lowest BCUT2D eigenvalue weighted by Gasteiger charge is -2.36. The average Bonchev–Trinajstić information content (AvgIpc) is 3.63. The monoisotopic (exact) mass is 413 g/mol. The van der Waals surface area contributed by atoms with E-state index in [1.807, 2.05) is 91.0 Å². The number of aliphatic carboxylic acids is 1. The molecule has 4 nitrogen and oxygen atoms in total. The molecule has 0 saturated heterocycles. The molecule has 31 heavy (non-hydrogen) atoms. The minimum atomic E-state index is -0.968. The van der Waals surface area contributed by atoms with E-state index >= 15 is 0 Å². The van der Waals surface area contributed by atoms with Crippen LogP contribution in [0, 0.1) is 5.92 Å². The van der Waals surface area contributed by atoms with Gasteiger partial charge in [-0.2, -0.15) is 0 Å². The summed E-state index contributed by atoms with van der Waals surface area (Å²) < 4.78 is 0. The van der Waals surface area contributed by atoms with Crippen LogP contribution in [0.4, 0.5) is 0 Å². The van der Waals surface area contributed by atoms with Crippen LogP contribution in [0.3, 0.4) is 0 Å². The molecule has 3 aromatic rings. The Morgan fingerprint density at radius 1 is 0.806 bits per heavy atom. The molecule has 4 rings (SSSR count). The molecular formula is C27H27NO3. The number of carboxylic acid groups (broad SMARTS) is 1. The molecule has 158 valence electrons. The van der Waals surface area contributed by atoms with E-state index in [-0.39, 0.29) is 12.3 Å². The van der Waals surface area contributed by atoms with Crippen LogP contribution in [-0.4, -0.2) is 23.0 Å². The Kier molecular flexibility index (Phi) is 6.17. The zero-order valence-corrected chi connectivity index (χ0v) is 17.4. The second-order valence-electron chi connectivity index (χ2n) is 8.32. The van der Waals surface area contributed by atoms with Crippen molar-refractivity contribution in [3.05, 3.63) is 108 Å². The molecule has 0 aliphatic heterocycles. The third kappa shape index (κ3) is 4.69. The number of nitrogens with one attached hydrogen (secondary N) is 1. The van der Waals surface area contributed by atoms with Gasteiger partial charge in [-0.05, 0) is 29.0 Å². The largest absolute Gasteiger partial charge is 0.480 e. The van der Waals surface area contributed by atoms with E-state index in [0.717, 1.165) is 29.5 Å². The normalized spacial score (nSPS) is 14.6. The van der Waals surface area contributed by atoms with Gasteiger partial charge >= 0.3 is 5.97 Å². The molecule has 1 amide bonds. The van der Waals surface area contributed by atoms with Gasteiger partial charge in [-0.3, -0.25) is 4.79 Å². The number of hydrogen-bond acceptors (Lipinski definition) is 2. The highest BCUT2D eigenvalue weighted by Gasteiger charge is 2.39. The van der Waals surface area contributed by atoms with Crippen molar-refractivity contribution in [2.45, 2.75) is 37.1 Å². The number of rotatable bonds is 9. The Morgan fingerprint density at radius 3 is 1.58 bits per heavy atom. The van der Waals surface area contributed by atoms with Crippen LogP contribution < -0.4 is 5.32 Å². The number of carboxylic acids is 1. The van der Waals surface area contributed by atoms with E-state index in [4.69, 9.17) is 0 Å². The zero-order valence-electron chi connectivity index (χ0n) is 17.4. The Hall–Kier alpha value is -3.40. The molecule has 1 aliphatic rings. The van der Waals surface area contributed by atoms with Gasteiger partial charge in [-0.25, -0.2) is 4.79 Å². The Bertz CT molecular complexity index is 917. The van der Waals surface area contributed by atoms with Crippen molar-refractivity contribution in [1.29, 1.82) is 0 Å². The van der Waals surface area contributed by atoms with Crippen molar-refractivity contribution in [3.63, 3.8) is 0 Å². The first kappa shape index (κ1) is 20.9. The highest BCUT2D eigenvalue weighted by molar-refractivity contribution is 5.85. The van der Waals surface area contributed by atoms with Gasteiger partial charge in [0.25, 0.3) is 0 Å². The van der Waals surface area contributed by atoms with Crippen molar-refractivity contribution < 1.29 is 14.7 Å². The van der Waals surface area contributed by atoms with Crippen LogP contribution >= 0.6 is 0 Å². The predicted molar refractivity (Wildman–Crippen MR) is 121 cm³/mol. The number of carbonyl (C=O) groups is 2. The second kappa shape index (κ2) is 9.17. The highest BCUT2D eigenvalue weighted by Crippen LogP contribution is 2.42. The minimum Gasteiger partial charge on any atom is -0.480 e. The van der Waals surface area contributed by atoms with Crippen molar-refractivity contribution >= 4 is 11.9 Å². The van der Waals surface area contributed by atoms with E-state index in [1.54, 1.807) is 0 Å². The van der Waals surface area contributed by atoms with Gasteiger partial charge in [-0.1, -0.05) is 104 Å². The van der Waals surface area contributed by atoms with Gasteiger partial charge in [0.2, 0.25) is 5.91 Å². The number of hydrogen-bond donors (Lipinski definition) is 2. The maximum Gasteiger partial charge on any atom is 0.326 e. The first-order chi connectivity index (χ1) is 15.1. The maximum absolute atomic E-state index is 13.3. The van der Waals surface area contributed by atoms with Crippen molar-refractivity contribution in [2.75, 3.05) is 0 Å². The summed E-state index contributed by atoms with van der Waals surface area (Å²) in [6, 6.07) is 29.1. The molecule has 1 aliphatic carbocycles. The molecule has 1 saturated carbocycles. The Balaban J connectivity index is 1.76. The van der Waals surface area contributed by atoms with Gasteiger partial charge in [0.15, 0.2) is 0 Å². The molecule has 0 radical (unpaired) electrons. The topological polar surface area (TPSA) is 66.4 Å². The lowest BCUT2D eigenvalue weighted by Crippen LogP contribution is -2.44. The quantitative estimate of drug-likeness (QED) is 0.496. The molecular weight excluding hydrogens is 386 g/mol. The first-order valence-electron chi connectivity index (χ1n) is 10.8. The summed E-state index contributed by atoms with van der Waals surface area (Å²) in [5.74, 6) is -0.821. The summed E-state index contributed by atoms with van der Waals surface area (Å²) in [6.45, 7) is 0. The lowest BCUT2D eigenvalue weighted by atomic mass is 9.67. The molecule has 0 spiro atoms. The minimum absolute atomic E-state index is 0.124. The number of benzene rings is 3. The van der Waals surface area contributed by atoms with Crippen LogP contribution in [0.5, 0.6) is 0 Å². The van der Waals surface area contributed by atoms with Crippen molar-refractivity contribution in [3.8, 4) is 0 Å². The standard InChI is InChI=1S/C27H27NO3/c29-25(28-24(26(30)31)18-20-16-17-20)19-27(21-10-4-1-5-11-21,22-12-6-2-7-13-22)23-14-8-3-9-15-23/h1-15,20,24H,16-19H2,(H,28,29)(H,30,31)/t24-/m0/s1. The highest BCUT2D eigenvalue weighted by atomic mass is 16.4. The third-order valence-corrected chi connectivity index (χ3v) is 6.12.